The van der Waals surface area contributed by atoms with Crippen LogP contribution in [0.3, 0.4) is 0 Å². The fourth-order valence-corrected chi connectivity index (χ4v) is 2.03. The molecule has 20 heavy (non-hydrogen) atoms. The molecule has 2 N–H and O–H groups in total. The molecule has 7 heteroatoms. The maximum absolute atomic E-state index is 12.2. The summed E-state index contributed by atoms with van der Waals surface area (Å²) in [6, 6.07) is 5.22. The normalized spacial score (nSPS) is 10.1. The van der Waals surface area contributed by atoms with E-state index in [9.17, 15) is 9.59 Å². The van der Waals surface area contributed by atoms with E-state index in [0.717, 1.165) is 5.56 Å². The number of rotatable bonds is 3. The quantitative estimate of drug-likeness (QED) is 0.898. The van der Waals surface area contributed by atoms with Crippen molar-refractivity contribution in [3.8, 4) is 0 Å². The number of hydrogen-bond acceptors (Lipinski definition) is 4. The highest BCUT2D eigenvalue weighted by Crippen LogP contribution is 2.22. The van der Waals surface area contributed by atoms with Crippen LogP contribution in [-0.2, 0) is 0 Å². The van der Waals surface area contributed by atoms with E-state index in [0.29, 0.717) is 10.0 Å². The van der Waals surface area contributed by atoms with Gasteiger partial charge in [0.05, 0.1) is 5.56 Å². The number of nitrogens with one attached hydrogen (secondary N) is 1. The summed E-state index contributed by atoms with van der Waals surface area (Å²) in [6.07, 6.45) is 2.56. The average Bonchev–Trinajstić information content (AvgIpc) is 2.42. The van der Waals surface area contributed by atoms with Gasteiger partial charge >= 0.3 is 5.97 Å². The summed E-state index contributed by atoms with van der Waals surface area (Å²) in [4.78, 5) is 30.7. The van der Waals surface area contributed by atoms with Crippen LogP contribution in [-0.4, -0.2) is 27.0 Å². The number of nitrogens with zero attached hydrogens (tertiary/aromatic N) is 2. The number of hydrogen-bond donors (Lipinski definition) is 2. The predicted molar refractivity (Wildman–Crippen MR) is 75.8 cm³/mol. The molecular weight excluding hydrogens is 326 g/mol. The second-order valence-electron chi connectivity index (χ2n) is 3.95. The molecule has 0 spiro atoms. The molecule has 0 atom stereocenters. The summed E-state index contributed by atoms with van der Waals surface area (Å²) >= 11 is 3.33. The Kier molecular flexibility index (Phi) is 4.09. The first-order chi connectivity index (χ1) is 9.50. The van der Waals surface area contributed by atoms with Gasteiger partial charge in [-0.2, -0.15) is 0 Å². The number of aromatic carboxylic acids is 1. The van der Waals surface area contributed by atoms with Gasteiger partial charge in [0.1, 0.15) is 0 Å². The number of anilines is 1. The largest absolute Gasteiger partial charge is 0.476 e. The van der Waals surface area contributed by atoms with E-state index in [1.165, 1.54) is 12.4 Å². The van der Waals surface area contributed by atoms with Crippen LogP contribution in [0.4, 0.5) is 5.82 Å². The van der Waals surface area contributed by atoms with Crippen molar-refractivity contribution in [2.24, 2.45) is 0 Å². The number of aromatic nitrogens is 2. The minimum absolute atomic E-state index is 0.0848. The van der Waals surface area contributed by atoms with Gasteiger partial charge in [0.2, 0.25) is 0 Å². The second-order valence-corrected chi connectivity index (χ2v) is 4.74. The first-order valence-corrected chi connectivity index (χ1v) is 6.40. The van der Waals surface area contributed by atoms with E-state index in [-0.39, 0.29) is 11.5 Å². The predicted octanol–water partition coefficient (Wildman–Crippen LogP) is 2.50. The number of carbonyl (C=O) groups excluding carboxylic acids is 1. The van der Waals surface area contributed by atoms with Crippen LogP contribution < -0.4 is 5.32 Å². The Morgan fingerprint density at radius 1 is 1.25 bits per heavy atom. The van der Waals surface area contributed by atoms with E-state index in [1.54, 1.807) is 12.1 Å². The maximum Gasteiger partial charge on any atom is 0.358 e. The lowest BCUT2D eigenvalue weighted by Crippen LogP contribution is -2.17. The van der Waals surface area contributed by atoms with Crippen molar-refractivity contribution in [3.63, 3.8) is 0 Å². The van der Waals surface area contributed by atoms with Crippen LogP contribution in [0.1, 0.15) is 26.4 Å². The summed E-state index contributed by atoms with van der Waals surface area (Å²) in [7, 11) is 0. The SMILES string of the molecule is Cc1cccc(C(=O)Nc2nccnc2C(=O)O)c1Br. The minimum atomic E-state index is -1.25. The van der Waals surface area contributed by atoms with Gasteiger partial charge in [-0.1, -0.05) is 12.1 Å². The standard InChI is InChI=1S/C13H10BrN3O3/c1-7-3-2-4-8(9(7)14)12(18)17-11-10(13(19)20)15-5-6-16-11/h2-6H,1H3,(H,19,20)(H,16,17,18). The Bertz CT molecular complexity index is 688. The molecule has 0 aliphatic heterocycles. The fourth-order valence-electron chi connectivity index (χ4n) is 1.58. The van der Waals surface area contributed by atoms with E-state index in [2.05, 4.69) is 31.2 Å². The van der Waals surface area contributed by atoms with Crippen molar-refractivity contribution in [1.82, 2.24) is 9.97 Å². The lowest BCUT2D eigenvalue weighted by atomic mass is 10.1. The number of benzene rings is 1. The highest BCUT2D eigenvalue weighted by molar-refractivity contribution is 9.10. The highest BCUT2D eigenvalue weighted by Gasteiger charge is 2.17. The number of amides is 1. The lowest BCUT2D eigenvalue weighted by molar-refractivity contribution is 0.0691. The van der Waals surface area contributed by atoms with Crippen LogP contribution in [0, 0.1) is 6.92 Å². The van der Waals surface area contributed by atoms with Gasteiger partial charge < -0.3 is 10.4 Å². The number of carbonyl (C=O) groups is 2. The molecule has 1 heterocycles. The van der Waals surface area contributed by atoms with Crippen LogP contribution in [0.5, 0.6) is 0 Å². The average molecular weight is 336 g/mol. The summed E-state index contributed by atoms with van der Waals surface area (Å²) in [5, 5.41) is 11.4. The monoisotopic (exact) mass is 335 g/mol. The molecule has 1 aromatic heterocycles. The van der Waals surface area contributed by atoms with Crippen molar-refractivity contribution in [1.29, 1.82) is 0 Å². The van der Waals surface area contributed by atoms with Crippen LogP contribution in [0.15, 0.2) is 35.1 Å². The van der Waals surface area contributed by atoms with Crippen molar-refractivity contribution in [2.45, 2.75) is 6.92 Å². The Morgan fingerprint density at radius 3 is 2.65 bits per heavy atom. The van der Waals surface area contributed by atoms with Gasteiger partial charge in [-0.25, -0.2) is 14.8 Å². The molecule has 0 saturated heterocycles. The van der Waals surface area contributed by atoms with Gasteiger partial charge in [-0.3, -0.25) is 4.79 Å². The number of halogens is 1. The molecule has 0 unspecified atom stereocenters. The van der Waals surface area contributed by atoms with Gasteiger partial charge in [0.25, 0.3) is 5.91 Å². The molecular formula is C13H10BrN3O3. The van der Waals surface area contributed by atoms with Gasteiger partial charge in [0.15, 0.2) is 11.5 Å². The molecule has 0 radical (unpaired) electrons. The molecule has 0 fully saturated rings. The third kappa shape index (κ3) is 2.83. The third-order valence-corrected chi connectivity index (χ3v) is 3.62. The zero-order valence-corrected chi connectivity index (χ0v) is 12.0. The van der Waals surface area contributed by atoms with Crippen molar-refractivity contribution in [3.05, 3.63) is 51.9 Å². The summed E-state index contributed by atoms with van der Waals surface area (Å²) in [5.41, 5.74) is 0.992. The summed E-state index contributed by atoms with van der Waals surface area (Å²) in [6.45, 7) is 1.85. The fraction of sp³-hybridized carbons (Fsp3) is 0.0769. The Labute approximate surface area is 123 Å². The van der Waals surface area contributed by atoms with Crippen molar-refractivity contribution >= 4 is 33.6 Å². The molecule has 1 aromatic carbocycles. The zero-order chi connectivity index (χ0) is 14.7. The minimum Gasteiger partial charge on any atom is -0.476 e. The molecule has 0 aliphatic carbocycles. The Hall–Kier alpha value is -2.28. The molecule has 2 rings (SSSR count). The smallest absolute Gasteiger partial charge is 0.358 e. The molecule has 2 aromatic rings. The molecule has 0 bridgehead atoms. The van der Waals surface area contributed by atoms with Gasteiger partial charge in [0, 0.05) is 16.9 Å². The van der Waals surface area contributed by atoms with E-state index in [4.69, 9.17) is 5.11 Å². The summed E-state index contributed by atoms with van der Waals surface area (Å²) < 4.78 is 0.651. The number of aryl methyl sites for hydroxylation is 1. The molecule has 102 valence electrons. The van der Waals surface area contributed by atoms with Crippen LogP contribution in [0.2, 0.25) is 0 Å². The van der Waals surface area contributed by atoms with E-state index in [1.807, 2.05) is 13.0 Å². The third-order valence-electron chi connectivity index (χ3n) is 2.57. The second kappa shape index (κ2) is 5.79. The highest BCUT2D eigenvalue weighted by atomic mass is 79.9. The van der Waals surface area contributed by atoms with Crippen molar-refractivity contribution in [2.75, 3.05) is 5.32 Å². The topological polar surface area (TPSA) is 92.2 Å². The van der Waals surface area contributed by atoms with Crippen molar-refractivity contribution < 1.29 is 14.7 Å². The van der Waals surface area contributed by atoms with Crippen LogP contribution >= 0.6 is 15.9 Å². The maximum atomic E-state index is 12.2. The van der Waals surface area contributed by atoms with E-state index >= 15 is 0 Å². The number of carboxylic acid groups (broad SMARTS) is 1. The van der Waals surface area contributed by atoms with Crippen LogP contribution in [0.25, 0.3) is 0 Å². The van der Waals surface area contributed by atoms with Gasteiger partial charge in [-0.05, 0) is 34.5 Å². The first-order valence-electron chi connectivity index (χ1n) is 5.61. The molecule has 1 amide bonds. The summed E-state index contributed by atoms with van der Waals surface area (Å²) in [5.74, 6) is -1.79. The lowest BCUT2D eigenvalue weighted by Gasteiger charge is -2.09. The zero-order valence-electron chi connectivity index (χ0n) is 10.4. The Balaban J connectivity index is 2.33. The molecule has 0 saturated carbocycles. The van der Waals surface area contributed by atoms with Gasteiger partial charge in [-0.15, -0.1) is 0 Å². The molecule has 6 nitrogen and oxygen atoms in total. The number of carboxylic acids is 1. The van der Waals surface area contributed by atoms with E-state index < -0.39 is 11.9 Å². The molecule has 0 aliphatic rings. The Morgan fingerprint density at radius 2 is 1.95 bits per heavy atom. The first kappa shape index (κ1) is 14.1.